The number of para-hydroxylation sites is 1. The van der Waals surface area contributed by atoms with E-state index in [1.54, 1.807) is 12.1 Å². The Morgan fingerprint density at radius 3 is 2.73 bits per heavy atom. The van der Waals surface area contributed by atoms with Crippen molar-refractivity contribution in [1.82, 2.24) is 20.1 Å². The van der Waals surface area contributed by atoms with Gasteiger partial charge in [0.15, 0.2) is 5.82 Å². The van der Waals surface area contributed by atoms with Crippen LogP contribution < -0.4 is 10.6 Å². The average Bonchev–Trinajstić information content (AvgIpc) is 2.98. The van der Waals surface area contributed by atoms with Crippen LogP contribution >= 0.6 is 0 Å². The van der Waals surface area contributed by atoms with Crippen LogP contribution in [0.2, 0.25) is 0 Å². The van der Waals surface area contributed by atoms with Crippen molar-refractivity contribution in [3.63, 3.8) is 0 Å². The quantitative estimate of drug-likeness (QED) is 0.477. The highest BCUT2D eigenvalue weighted by Gasteiger charge is 2.19. The highest BCUT2D eigenvalue weighted by Crippen LogP contribution is 2.28. The van der Waals surface area contributed by atoms with Gasteiger partial charge in [-0.15, -0.1) is 10.2 Å². The van der Waals surface area contributed by atoms with Gasteiger partial charge in [0.1, 0.15) is 11.5 Å². The number of amides is 1. The predicted octanol–water partition coefficient (Wildman–Crippen LogP) is 3.59. The summed E-state index contributed by atoms with van der Waals surface area (Å²) in [6.07, 6.45) is 4.21. The van der Waals surface area contributed by atoms with Gasteiger partial charge in [-0.25, -0.2) is 0 Å². The Morgan fingerprint density at radius 1 is 1.10 bits per heavy atom. The van der Waals surface area contributed by atoms with E-state index in [2.05, 4.69) is 25.4 Å². The topological polar surface area (TPSA) is 115 Å². The van der Waals surface area contributed by atoms with Gasteiger partial charge in [-0.2, -0.15) is 0 Å². The summed E-state index contributed by atoms with van der Waals surface area (Å²) in [7, 11) is 0. The summed E-state index contributed by atoms with van der Waals surface area (Å²) in [5.41, 5.74) is 1.11. The first kappa shape index (κ1) is 19.6. The summed E-state index contributed by atoms with van der Waals surface area (Å²) < 4.78 is 2.06. The van der Waals surface area contributed by atoms with Crippen LogP contribution in [0, 0.1) is 10.1 Å². The highest BCUT2D eigenvalue weighted by atomic mass is 16.6. The Labute approximate surface area is 173 Å². The molecule has 1 aliphatic rings. The lowest BCUT2D eigenvalue weighted by Crippen LogP contribution is -2.25. The van der Waals surface area contributed by atoms with E-state index in [-0.39, 0.29) is 17.8 Å². The van der Waals surface area contributed by atoms with Crippen LogP contribution in [0.5, 0.6) is 0 Å². The van der Waals surface area contributed by atoms with Crippen molar-refractivity contribution in [3.8, 4) is 0 Å². The number of aryl methyl sites for hydroxylation is 1. The first-order chi connectivity index (χ1) is 14.6. The van der Waals surface area contributed by atoms with Crippen LogP contribution in [0.1, 0.15) is 41.3 Å². The first-order valence-corrected chi connectivity index (χ1v) is 9.91. The smallest absolute Gasteiger partial charge is 0.293 e. The van der Waals surface area contributed by atoms with Gasteiger partial charge < -0.3 is 15.2 Å². The maximum absolute atomic E-state index is 12.6. The summed E-state index contributed by atoms with van der Waals surface area (Å²) in [6, 6.07) is 13.5. The van der Waals surface area contributed by atoms with E-state index >= 15 is 0 Å². The molecule has 0 fully saturated rings. The summed E-state index contributed by atoms with van der Waals surface area (Å²) in [5, 5.41) is 25.8. The number of fused-ring (bicyclic) bond motifs is 1. The average molecular weight is 406 g/mol. The zero-order valence-electron chi connectivity index (χ0n) is 16.4. The van der Waals surface area contributed by atoms with Crippen LogP contribution in [0.25, 0.3) is 0 Å². The number of hydrogen-bond acceptors (Lipinski definition) is 6. The molecule has 2 heterocycles. The largest absolute Gasteiger partial charge is 0.350 e. The molecule has 9 heteroatoms. The Hall–Kier alpha value is -3.75. The lowest BCUT2D eigenvalue weighted by Gasteiger charge is -2.10. The fourth-order valence-corrected chi connectivity index (χ4v) is 3.54. The molecular weight excluding hydrogens is 384 g/mol. The second-order valence-electron chi connectivity index (χ2n) is 7.16. The molecule has 3 aromatic rings. The Morgan fingerprint density at radius 2 is 1.93 bits per heavy atom. The summed E-state index contributed by atoms with van der Waals surface area (Å²) in [5.74, 6) is 1.26. The minimum absolute atomic E-state index is 0.164. The molecule has 0 unspecified atom stereocenters. The van der Waals surface area contributed by atoms with Gasteiger partial charge in [0.2, 0.25) is 0 Å². The fraction of sp³-hybridized carbons (Fsp3) is 0.286. The van der Waals surface area contributed by atoms with Gasteiger partial charge in [0, 0.05) is 30.3 Å². The van der Waals surface area contributed by atoms with Gasteiger partial charge in [0.05, 0.1) is 11.5 Å². The SMILES string of the molecule is O=C(NCc1nnc2n1CCCCC2)c1ccc(Nc2ccccc2)c([N+](=O)[O-])c1. The lowest BCUT2D eigenvalue weighted by molar-refractivity contribution is -0.383. The number of anilines is 2. The number of hydrogen-bond donors (Lipinski definition) is 2. The number of carbonyl (C=O) groups is 1. The van der Waals surface area contributed by atoms with Crippen LogP contribution in [0.4, 0.5) is 17.1 Å². The molecule has 0 saturated carbocycles. The molecule has 1 aromatic heterocycles. The summed E-state index contributed by atoms with van der Waals surface area (Å²) in [6.45, 7) is 1.07. The second kappa shape index (κ2) is 8.73. The molecule has 0 spiro atoms. The number of benzene rings is 2. The number of nitro benzene ring substituents is 1. The molecule has 2 N–H and O–H groups in total. The van der Waals surface area contributed by atoms with Crippen molar-refractivity contribution >= 4 is 23.0 Å². The van der Waals surface area contributed by atoms with E-state index in [9.17, 15) is 14.9 Å². The molecule has 30 heavy (non-hydrogen) atoms. The molecule has 0 saturated heterocycles. The summed E-state index contributed by atoms with van der Waals surface area (Å²) >= 11 is 0. The van der Waals surface area contributed by atoms with Crippen molar-refractivity contribution in [3.05, 3.63) is 75.9 Å². The van der Waals surface area contributed by atoms with Crippen LogP contribution in [0.3, 0.4) is 0 Å². The molecule has 1 aliphatic heterocycles. The number of rotatable bonds is 6. The molecule has 0 aliphatic carbocycles. The van der Waals surface area contributed by atoms with Gasteiger partial charge in [-0.05, 0) is 37.1 Å². The van der Waals surface area contributed by atoms with Gasteiger partial charge in [0.25, 0.3) is 11.6 Å². The third-order valence-electron chi connectivity index (χ3n) is 5.10. The van der Waals surface area contributed by atoms with Crippen molar-refractivity contribution in [1.29, 1.82) is 0 Å². The van der Waals surface area contributed by atoms with E-state index in [1.165, 1.54) is 6.07 Å². The van der Waals surface area contributed by atoms with Crippen LogP contribution in [0.15, 0.2) is 48.5 Å². The van der Waals surface area contributed by atoms with Crippen molar-refractivity contribution in [2.75, 3.05) is 5.32 Å². The maximum Gasteiger partial charge on any atom is 0.293 e. The first-order valence-electron chi connectivity index (χ1n) is 9.91. The molecule has 4 rings (SSSR count). The molecule has 0 bridgehead atoms. The molecule has 1 amide bonds. The Kier molecular flexibility index (Phi) is 5.69. The third-order valence-corrected chi connectivity index (χ3v) is 5.10. The van der Waals surface area contributed by atoms with E-state index < -0.39 is 10.8 Å². The van der Waals surface area contributed by atoms with Crippen molar-refractivity contribution in [2.45, 2.75) is 38.8 Å². The molecular formula is C21H22N6O3. The summed E-state index contributed by atoms with van der Waals surface area (Å²) in [4.78, 5) is 23.6. The molecule has 0 atom stereocenters. The molecule has 154 valence electrons. The fourth-order valence-electron chi connectivity index (χ4n) is 3.54. The monoisotopic (exact) mass is 406 g/mol. The number of nitrogens with one attached hydrogen (secondary N) is 2. The number of aromatic nitrogens is 3. The normalized spacial score (nSPS) is 13.2. The number of nitrogens with zero attached hydrogens (tertiary/aromatic N) is 4. The zero-order chi connectivity index (χ0) is 20.9. The zero-order valence-corrected chi connectivity index (χ0v) is 16.4. The Balaban J connectivity index is 1.48. The third kappa shape index (κ3) is 4.29. The van der Waals surface area contributed by atoms with Gasteiger partial charge >= 0.3 is 0 Å². The lowest BCUT2D eigenvalue weighted by atomic mass is 10.1. The second-order valence-corrected chi connectivity index (χ2v) is 7.16. The minimum Gasteiger partial charge on any atom is -0.350 e. The van der Waals surface area contributed by atoms with E-state index in [0.717, 1.165) is 43.7 Å². The van der Waals surface area contributed by atoms with E-state index in [0.29, 0.717) is 11.5 Å². The van der Waals surface area contributed by atoms with Crippen LogP contribution in [-0.2, 0) is 19.5 Å². The van der Waals surface area contributed by atoms with E-state index in [4.69, 9.17) is 0 Å². The van der Waals surface area contributed by atoms with Crippen molar-refractivity contribution < 1.29 is 9.72 Å². The van der Waals surface area contributed by atoms with Crippen molar-refractivity contribution in [2.24, 2.45) is 0 Å². The Bertz CT molecular complexity index is 1060. The van der Waals surface area contributed by atoms with Gasteiger partial charge in [-0.3, -0.25) is 14.9 Å². The van der Waals surface area contributed by atoms with Gasteiger partial charge in [-0.1, -0.05) is 24.6 Å². The predicted molar refractivity (Wildman–Crippen MR) is 112 cm³/mol. The number of nitro groups is 1. The number of carbonyl (C=O) groups excluding carboxylic acids is 1. The van der Waals surface area contributed by atoms with E-state index in [1.807, 2.05) is 30.3 Å². The molecule has 2 aromatic carbocycles. The maximum atomic E-state index is 12.6. The minimum atomic E-state index is -0.500. The standard InChI is InChI=1S/C21H22N6O3/c28-21(22-14-20-25-24-19-9-5-2-6-12-26(19)20)15-10-11-17(18(13-15)27(29)30)23-16-7-3-1-4-8-16/h1,3-4,7-8,10-11,13,23H,2,5-6,9,12,14H2,(H,22,28). The molecule has 0 radical (unpaired) electrons. The molecule has 9 nitrogen and oxygen atoms in total. The highest BCUT2D eigenvalue weighted by molar-refractivity contribution is 5.95. The van der Waals surface area contributed by atoms with Crippen LogP contribution in [-0.4, -0.2) is 25.6 Å².